The van der Waals surface area contributed by atoms with E-state index >= 15 is 0 Å². The maximum Gasteiger partial charge on any atom is 0.254 e. The van der Waals surface area contributed by atoms with Gasteiger partial charge in [-0.25, -0.2) is 14.5 Å². The molecule has 9 heteroatoms. The molecule has 0 atom stereocenters. The smallest absolute Gasteiger partial charge is 0.254 e. The van der Waals surface area contributed by atoms with E-state index in [1.54, 1.807) is 4.52 Å². The number of primary amides is 1. The summed E-state index contributed by atoms with van der Waals surface area (Å²) in [7, 11) is 0. The highest BCUT2D eigenvalue weighted by Gasteiger charge is 2.17. The zero-order valence-corrected chi connectivity index (χ0v) is 19.9. The average molecular weight is 460 g/mol. The fourth-order valence-electron chi connectivity index (χ4n) is 4.21. The monoisotopic (exact) mass is 459 g/mol. The molecule has 0 unspecified atom stereocenters. The second-order valence-electron chi connectivity index (χ2n) is 8.74. The molecule has 34 heavy (non-hydrogen) atoms. The molecule has 0 spiro atoms. The molecule has 0 aliphatic carbocycles. The van der Waals surface area contributed by atoms with Gasteiger partial charge in [-0.1, -0.05) is 26.0 Å². The second kappa shape index (κ2) is 9.46. The molecule has 3 aromatic heterocycles. The van der Waals surface area contributed by atoms with Crippen molar-refractivity contribution in [1.82, 2.24) is 24.1 Å². The van der Waals surface area contributed by atoms with Gasteiger partial charge in [0.1, 0.15) is 11.4 Å². The quantitative estimate of drug-likeness (QED) is 0.418. The van der Waals surface area contributed by atoms with Crippen LogP contribution < -0.4 is 11.1 Å². The van der Waals surface area contributed by atoms with Gasteiger partial charge in [-0.3, -0.25) is 9.59 Å². The number of imidazole rings is 1. The van der Waals surface area contributed by atoms with Crippen molar-refractivity contribution in [2.75, 3.05) is 5.32 Å². The van der Waals surface area contributed by atoms with Crippen molar-refractivity contribution in [1.29, 1.82) is 0 Å². The molecular formula is C25H29N7O2. The van der Waals surface area contributed by atoms with Crippen molar-refractivity contribution < 1.29 is 9.59 Å². The lowest BCUT2D eigenvalue weighted by Gasteiger charge is -2.13. The normalized spacial score (nSPS) is 11.3. The first-order valence-corrected chi connectivity index (χ1v) is 11.3. The number of fused-ring (bicyclic) bond motifs is 1. The summed E-state index contributed by atoms with van der Waals surface area (Å²) in [5.41, 5.74) is 10.5. The Kier molecular flexibility index (Phi) is 6.45. The Morgan fingerprint density at radius 3 is 2.74 bits per heavy atom. The summed E-state index contributed by atoms with van der Waals surface area (Å²) < 4.78 is 3.73. The third-order valence-corrected chi connectivity index (χ3v) is 5.90. The molecule has 3 heterocycles. The first-order valence-electron chi connectivity index (χ1n) is 11.3. The molecule has 0 saturated heterocycles. The van der Waals surface area contributed by atoms with Crippen LogP contribution in [0.1, 0.15) is 64.9 Å². The zero-order valence-electron chi connectivity index (χ0n) is 19.9. The van der Waals surface area contributed by atoms with Gasteiger partial charge in [0.2, 0.25) is 5.91 Å². The summed E-state index contributed by atoms with van der Waals surface area (Å²) in [5.74, 6) is 0.720. The summed E-state index contributed by atoms with van der Waals surface area (Å²) >= 11 is 0. The van der Waals surface area contributed by atoms with Crippen LogP contribution >= 0.6 is 0 Å². The number of aromatic nitrogens is 5. The summed E-state index contributed by atoms with van der Waals surface area (Å²) in [4.78, 5) is 33.3. The van der Waals surface area contributed by atoms with E-state index in [2.05, 4.69) is 38.8 Å². The summed E-state index contributed by atoms with van der Waals surface area (Å²) in [6, 6.07) is 7.86. The molecule has 4 aromatic rings. The number of amides is 2. The molecule has 0 fully saturated rings. The Balaban J connectivity index is 1.44. The lowest BCUT2D eigenvalue weighted by molar-refractivity contribution is -0.116. The molecule has 0 aliphatic heterocycles. The van der Waals surface area contributed by atoms with Crippen molar-refractivity contribution >= 4 is 23.1 Å². The summed E-state index contributed by atoms with van der Waals surface area (Å²) in [5, 5.41) is 7.24. The fourth-order valence-corrected chi connectivity index (χ4v) is 4.21. The van der Waals surface area contributed by atoms with Crippen molar-refractivity contribution in [3.05, 3.63) is 76.8 Å². The molecule has 9 nitrogen and oxygen atoms in total. The Labute approximate surface area is 198 Å². The van der Waals surface area contributed by atoms with E-state index in [4.69, 9.17) is 5.73 Å². The van der Waals surface area contributed by atoms with Crippen LogP contribution in [-0.4, -0.2) is 36.0 Å². The van der Waals surface area contributed by atoms with E-state index in [9.17, 15) is 9.59 Å². The predicted molar refractivity (Wildman–Crippen MR) is 130 cm³/mol. The number of nitrogens with one attached hydrogen (secondary N) is 1. The maximum absolute atomic E-state index is 12.7. The van der Waals surface area contributed by atoms with E-state index < -0.39 is 5.91 Å². The number of benzene rings is 1. The van der Waals surface area contributed by atoms with Crippen LogP contribution in [0.3, 0.4) is 0 Å². The van der Waals surface area contributed by atoms with Gasteiger partial charge in [-0.05, 0) is 43.5 Å². The lowest BCUT2D eigenvalue weighted by atomic mass is 10.1. The van der Waals surface area contributed by atoms with Crippen LogP contribution in [0, 0.1) is 13.8 Å². The van der Waals surface area contributed by atoms with Gasteiger partial charge in [0.05, 0.1) is 6.20 Å². The standard InChI is InChI=1S/C25H29N7O2/c1-15(2)24-27-10-11-31(24)14-18-6-5-7-19(12-18)30-22(33)9-8-20-16(3)29-25-21(23(26)34)13-28-32(25)17(20)4/h5-7,10-13,15H,8-9,14H2,1-4H3,(H2,26,34)(H,30,33). The SMILES string of the molecule is Cc1nc2c(C(N)=O)cnn2c(C)c1CCC(=O)Nc1cccc(Cn2ccnc2C(C)C)c1. The Hall–Kier alpha value is -4.01. The molecule has 2 amide bonds. The third kappa shape index (κ3) is 4.68. The lowest BCUT2D eigenvalue weighted by Crippen LogP contribution is -2.15. The van der Waals surface area contributed by atoms with Crippen LogP contribution in [0.4, 0.5) is 5.69 Å². The van der Waals surface area contributed by atoms with E-state index in [1.807, 2.05) is 50.5 Å². The van der Waals surface area contributed by atoms with Gasteiger partial charge in [-0.2, -0.15) is 5.10 Å². The number of anilines is 1. The van der Waals surface area contributed by atoms with Crippen LogP contribution in [-0.2, 0) is 17.8 Å². The van der Waals surface area contributed by atoms with Crippen molar-refractivity contribution in [2.45, 2.75) is 53.0 Å². The van der Waals surface area contributed by atoms with E-state index in [0.717, 1.165) is 34.0 Å². The highest BCUT2D eigenvalue weighted by atomic mass is 16.2. The molecule has 1 aromatic carbocycles. The first kappa shape index (κ1) is 23.2. The van der Waals surface area contributed by atoms with Gasteiger partial charge >= 0.3 is 0 Å². The minimum absolute atomic E-state index is 0.0835. The maximum atomic E-state index is 12.7. The summed E-state index contributed by atoms with van der Waals surface area (Å²) in [6.07, 6.45) is 6.01. The minimum atomic E-state index is -0.566. The zero-order chi connectivity index (χ0) is 24.4. The number of nitrogens with two attached hydrogens (primary N) is 1. The fraction of sp³-hybridized carbons (Fsp3) is 0.320. The molecule has 4 rings (SSSR count). The third-order valence-electron chi connectivity index (χ3n) is 5.90. The van der Waals surface area contributed by atoms with Crippen molar-refractivity contribution in [3.63, 3.8) is 0 Å². The van der Waals surface area contributed by atoms with Crippen molar-refractivity contribution in [2.24, 2.45) is 5.73 Å². The largest absolute Gasteiger partial charge is 0.365 e. The first-order chi connectivity index (χ1) is 16.2. The second-order valence-corrected chi connectivity index (χ2v) is 8.74. The van der Waals surface area contributed by atoms with Gasteiger partial charge in [0.15, 0.2) is 5.65 Å². The number of hydrogen-bond acceptors (Lipinski definition) is 5. The van der Waals surface area contributed by atoms with Gasteiger partial charge in [-0.15, -0.1) is 0 Å². The van der Waals surface area contributed by atoms with Crippen LogP contribution in [0.2, 0.25) is 0 Å². The van der Waals surface area contributed by atoms with Crippen LogP contribution in [0.5, 0.6) is 0 Å². The Morgan fingerprint density at radius 2 is 2.00 bits per heavy atom. The molecule has 0 radical (unpaired) electrons. The molecule has 0 bridgehead atoms. The van der Waals surface area contributed by atoms with Gasteiger partial charge in [0, 0.05) is 48.4 Å². The number of hydrogen-bond donors (Lipinski definition) is 2. The van der Waals surface area contributed by atoms with Gasteiger partial charge in [0.25, 0.3) is 5.91 Å². The number of nitrogens with zero attached hydrogens (tertiary/aromatic N) is 5. The number of aryl methyl sites for hydroxylation is 2. The van der Waals surface area contributed by atoms with Gasteiger partial charge < -0.3 is 15.6 Å². The molecule has 176 valence electrons. The average Bonchev–Trinajstić information content (AvgIpc) is 3.41. The highest BCUT2D eigenvalue weighted by Crippen LogP contribution is 2.20. The molecule has 3 N–H and O–H groups in total. The predicted octanol–water partition coefficient (Wildman–Crippen LogP) is 3.38. The minimum Gasteiger partial charge on any atom is -0.365 e. The number of carbonyl (C=O) groups is 2. The summed E-state index contributed by atoms with van der Waals surface area (Å²) in [6.45, 7) is 8.70. The number of rotatable bonds is 8. The Bertz CT molecular complexity index is 1370. The molecule has 0 aliphatic rings. The van der Waals surface area contributed by atoms with E-state index in [0.29, 0.717) is 31.0 Å². The van der Waals surface area contributed by atoms with Crippen LogP contribution in [0.15, 0.2) is 42.9 Å². The van der Waals surface area contributed by atoms with E-state index in [1.165, 1.54) is 6.20 Å². The van der Waals surface area contributed by atoms with Crippen molar-refractivity contribution in [3.8, 4) is 0 Å². The topological polar surface area (TPSA) is 120 Å². The number of carbonyl (C=O) groups excluding carboxylic acids is 2. The van der Waals surface area contributed by atoms with E-state index in [-0.39, 0.29) is 11.5 Å². The highest BCUT2D eigenvalue weighted by molar-refractivity contribution is 5.98. The molecular weight excluding hydrogens is 430 g/mol. The molecule has 0 saturated carbocycles. The van der Waals surface area contributed by atoms with Crippen LogP contribution in [0.25, 0.3) is 5.65 Å². The Morgan fingerprint density at radius 1 is 1.21 bits per heavy atom.